The van der Waals surface area contributed by atoms with Gasteiger partial charge in [-0.2, -0.15) is 4.98 Å². The van der Waals surface area contributed by atoms with Gasteiger partial charge in [0.2, 0.25) is 5.95 Å². The van der Waals surface area contributed by atoms with Crippen LogP contribution in [0.25, 0.3) is 0 Å². The molecular formula is C22H23FN6O. The highest BCUT2D eigenvalue weighted by molar-refractivity contribution is 5.99. The van der Waals surface area contributed by atoms with Gasteiger partial charge in [0.25, 0.3) is 0 Å². The van der Waals surface area contributed by atoms with E-state index in [1.165, 1.54) is 25.0 Å². The summed E-state index contributed by atoms with van der Waals surface area (Å²) in [6.45, 7) is 3.99. The van der Waals surface area contributed by atoms with E-state index >= 15 is 0 Å². The molecule has 1 fully saturated rings. The molecule has 1 saturated heterocycles. The molecule has 1 aliphatic heterocycles. The zero-order valence-corrected chi connectivity index (χ0v) is 16.7. The molecule has 30 heavy (non-hydrogen) atoms. The second kappa shape index (κ2) is 8.77. The Bertz CT molecular complexity index is 1030. The average Bonchev–Trinajstić information content (AvgIpc) is 3.26. The third-order valence-corrected chi connectivity index (χ3v) is 4.79. The standard InChI is InChI=1S/C22H23FN6O/c1-15-14-20(29-12-4-5-13-29)28-21(24-15)25-16-8-10-17(11-9-16)26-22(30)27-19-7-3-2-6-18(19)23/h2-3,6-11,14H,4-5,12-13H2,1H3,(H,24,25,28)(H2,26,27,30). The van der Waals surface area contributed by atoms with Crippen LogP contribution in [-0.4, -0.2) is 29.1 Å². The topological polar surface area (TPSA) is 82.2 Å². The number of aromatic nitrogens is 2. The molecular weight excluding hydrogens is 383 g/mol. The maximum Gasteiger partial charge on any atom is 0.323 e. The molecule has 2 aromatic carbocycles. The highest BCUT2D eigenvalue weighted by Gasteiger charge is 2.15. The van der Waals surface area contributed by atoms with Crippen LogP contribution in [0.4, 0.5) is 38.0 Å². The summed E-state index contributed by atoms with van der Waals surface area (Å²) in [6.07, 6.45) is 2.37. The van der Waals surface area contributed by atoms with Crippen molar-refractivity contribution in [3.63, 3.8) is 0 Å². The predicted molar refractivity (Wildman–Crippen MR) is 117 cm³/mol. The number of anilines is 5. The molecule has 0 bridgehead atoms. The van der Waals surface area contributed by atoms with E-state index in [-0.39, 0.29) is 5.69 Å². The van der Waals surface area contributed by atoms with Crippen molar-refractivity contribution in [2.75, 3.05) is 33.9 Å². The zero-order valence-electron chi connectivity index (χ0n) is 16.7. The van der Waals surface area contributed by atoms with E-state index in [9.17, 15) is 9.18 Å². The summed E-state index contributed by atoms with van der Waals surface area (Å²) in [5.74, 6) is 0.985. The number of hydrogen-bond donors (Lipinski definition) is 3. The van der Waals surface area contributed by atoms with Gasteiger partial charge in [-0.25, -0.2) is 14.2 Å². The lowest BCUT2D eigenvalue weighted by molar-refractivity contribution is 0.262. The van der Waals surface area contributed by atoms with Gasteiger partial charge in [0, 0.05) is 36.2 Å². The number of benzene rings is 2. The fraction of sp³-hybridized carbons (Fsp3) is 0.227. The number of nitrogens with one attached hydrogen (secondary N) is 3. The minimum absolute atomic E-state index is 0.124. The number of carbonyl (C=O) groups is 1. The van der Waals surface area contributed by atoms with Crippen LogP contribution in [0, 0.1) is 12.7 Å². The van der Waals surface area contributed by atoms with Crippen molar-refractivity contribution < 1.29 is 9.18 Å². The van der Waals surface area contributed by atoms with Gasteiger partial charge < -0.3 is 20.9 Å². The van der Waals surface area contributed by atoms with E-state index in [0.717, 1.165) is 30.3 Å². The first-order valence-electron chi connectivity index (χ1n) is 9.87. The monoisotopic (exact) mass is 406 g/mol. The molecule has 3 N–H and O–H groups in total. The Hall–Kier alpha value is -3.68. The summed E-state index contributed by atoms with van der Waals surface area (Å²) in [5.41, 5.74) is 2.40. The van der Waals surface area contributed by atoms with Crippen molar-refractivity contribution in [3.8, 4) is 0 Å². The van der Waals surface area contributed by atoms with Gasteiger partial charge in [-0.05, 0) is 56.2 Å². The molecule has 2 heterocycles. The molecule has 0 unspecified atom stereocenters. The number of carbonyl (C=O) groups excluding carboxylic acids is 1. The van der Waals surface area contributed by atoms with Crippen molar-refractivity contribution in [2.24, 2.45) is 0 Å². The van der Waals surface area contributed by atoms with E-state index in [2.05, 4.69) is 30.8 Å². The minimum Gasteiger partial charge on any atom is -0.356 e. The maximum absolute atomic E-state index is 13.6. The summed E-state index contributed by atoms with van der Waals surface area (Å²) in [7, 11) is 0. The van der Waals surface area contributed by atoms with Crippen molar-refractivity contribution in [2.45, 2.75) is 19.8 Å². The first kappa shape index (κ1) is 19.6. The second-order valence-corrected chi connectivity index (χ2v) is 7.15. The number of urea groups is 1. The Kier molecular flexibility index (Phi) is 5.74. The van der Waals surface area contributed by atoms with Gasteiger partial charge >= 0.3 is 6.03 Å². The van der Waals surface area contributed by atoms with Crippen molar-refractivity contribution in [1.29, 1.82) is 0 Å². The molecule has 0 aliphatic carbocycles. The second-order valence-electron chi connectivity index (χ2n) is 7.15. The van der Waals surface area contributed by atoms with Crippen LogP contribution in [0.5, 0.6) is 0 Å². The van der Waals surface area contributed by atoms with Crippen LogP contribution in [0.15, 0.2) is 54.6 Å². The number of para-hydroxylation sites is 1. The van der Waals surface area contributed by atoms with Gasteiger partial charge in [0.05, 0.1) is 5.69 Å². The number of hydrogen-bond acceptors (Lipinski definition) is 5. The molecule has 8 heteroatoms. The Morgan fingerprint density at radius 2 is 1.67 bits per heavy atom. The predicted octanol–water partition coefficient (Wildman–Crippen LogP) is 4.91. The molecule has 1 aromatic heterocycles. The molecule has 0 radical (unpaired) electrons. The van der Waals surface area contributed by atoms with E-state index in [1.54, 1.807) is 24.3 Å². The van der Waals surface area contributed by atoms with Gasteiger partial charge in [0.15, 0.2) is 0 Å². The smallest absolute Gasteiger partial charge is 0.323 e. The number of halogens is 1. The van der Waals surface area contributed by atoms with E-state index in [4.69, 9.17) is 0 Å². The summed E-state index contributed by atoms with van der Waals surface area (Å²) in [5, 5.41) is 8.38. The van der Waals surface area contributed by atoms with E-state index in [0.29, 0.717) is 11.6 Å². The number of nitrogens with zero attached hydrogens (tertiary/aromatic N) is 3. The van der Waals surface area contributed by atoms with Gasteiger partial charge in [-0.1, -0.05) is 12.1 Å². The normalized spacial score (nSPS) is 13.2. The highest BCUT2D eigenvalue weighted by Crippen LogP contribution is 2.22. The molecule has 0 saturated carbocycles. The van der Waals surface area contributed by atoms with E-state index < -0.39 is 11.8 Å². The van der Waals surface area contributed by atoms with Crippen LogP contribution in [0.2, 0.25) is 0 Å². The van der Waals surface area contributed by atoms with Crippen LogP contribution >= 0.6 is 0 Å². The summed E-state index contributed by atoms with van der Waals surface area (Å²) >= 11 is 0. The van der Waals surface area contributed by atoms with Crippen molar-refractivity contribution in [1.82, 2.24) is 9.97 Å². The molecule has 0 spiro atoms. The van der Waals surface area contributed by atoms with E-state index in [1.807, 2.05) is 25.1 Å². The average molecular weight is 406 g/mol. The largest absolute Gasteiger partial charge is 0.356 e. The summed E-state index contributed by atoms with van der Waals surface area (Å²) in [4.78, 5) is 23.4. The lowest BCUT2D eigenvalue weighted by Gasteiger charge is -2.17. The summed E-state index contributed by atoms with van der Waals surface area (Å²) < 4.78 is 13.6. The van der Waals surface area contributed by atoms with Crippen LogP contribution < -0.4 is 20.9 Å². The van der Waals surface area contributed by atoms with Crippen LogP contribution in [-0.2, 0) is 0 Å². The number of amides is 2. The molecule has 0 atom stereocenters. The fourth-order valence-corrected chi connectivity index (χ4v) is 3.33. The zero-order chi connectivity index (χ0) is 20.9. The molecule has 7 nitrogen and oxygen atoms in total. The first-order valence-corrected chi connectivity index (χ1v) is 9.87. The number of rotatable bonds is 5. The SMILES string of the molecule is Cc1cc(N2CCCC2)nc(Nc2ccc(NC(=O)Nc3ccccc3F)cc2)n1. The van der Waals surface area contributed by atoms with Gasteiger partial charge in [-0.3, -0.25) is 0 Å². The highest BCUT2D eigenvalue weighted by atomic mass is 19.1. The Morgan fingerprint density at radius 3 is 2.40 bits per heavy atom. The van der Waals surface area contributed by atoms with Crippen LogP contribution in [0.3, 0.4) is 0 Å². The minimum atomic E-state index is -0.516. The quantitative estimate of drug-likeness (QED) is 0.561. The molecule has 1 aliphatic rings. The maximum atomic E-state index is 13.6. The molecule has 4 rings (SSSR count). The summed E-state index contributed by atoms with van der Waals surface area (Å²) in [6, 6.07) is 14.6. The van der Waals surface area contributed by atoms with Crippen LogP contribution in [0.1, 0.15) is 18.5 Å². The van der Waals surface area contributed by atoms with Crippen molar-refractivity contribution >= 4 is 34.9 Å². The van der Waals surface area contributed by atoms with Gasteiger partial charge in [-0.15, -0.1) is 0 Å². The Balaban J connectivity index is 1.39. The Morgan fingerprint density at radius 1 is 0.967 bits per heavy atom. The lowest BCUT2D eigenvalue weighted by Crippen LogP contribution is -2.20. The molecule has 154 valence electrons. The first-order chi connectivity index (χ1) is 14.6. The lowest BCUT2D eigenvalue weighted by atomic mass is 10.3. The number of aryl methyl sites for hydroxylation is 1. The Labute approximate surface area is 174 Å². The van der Waals surface area contributed by atoms with Crippen molar-refractivity contribution in [3.05, 3.63) is 66.1 Å². The molecule has 2 amide bonds. The third-order valence-electron chi connectivity index (χ3n) is 4.79. The van der Waals surface area contributed by atoms with Gasteiger partial charge in [0.1, 0.15) is 11.6 Å². The molecule has 3 aromatic rings. The fourth-order valence-electron chi connectivity index (χ4n) is 3.33. The third kappa shape index (κ3) is 4.83.